The van der Waals surface area contributed by atoms with Crippen molar-refractivity contribution < 1.29 is 28.3 Å². The molecule has 1 aliphatic carbocycles. The molecule has 0 radical (unpaired) electrons. The van der Waals surface area contributed by atoms with Gasteiger partial charge in [-0.3, -0.25) is 14.4 Å². The largest absolute Gasteiger partial charge is 0.508 e. The first-order chi connectivity index (χ1) is 33.5. The smallest absolute Gasteiger partial charge is 0.261 e. The summed E-state index contributed by atoms with van der Waals surface area (Å²) in [5.41, 5.74) is 3.36. The molecule has 1 saturated carbocycles. The normalized spacial score (nSPS) is 14.3. The van der Waals surface area contributed by atoms with Gasteiger partial charge < -0.3 is 23.8 Å². The molecule has 0 aliphatic heterocycles. The van der Waals surface area contributed by atoms with Gasteiger partial charge in [-0.1, -0.05) is 170 Å². The van der Waals surface area contributed by atoms with E-state index >= 15 is 9.59 Å². The first-order valence-corrected chi connectivity index (χ1v) is 30.8. The molecular formula is C61H82N2O6Si2. The van der Waals surface area contributed by atoms with E-state index in [-0.39, 0.29) is 51.8 Å². The van der Waals surface area contributed by atoms with Crippen molar-refractivity contribution in [3.05, 3.63) is 161 Å². The zero-order valence-electron chi connectivity index (χ0n) is 45.0. The summed E-state index contributed by atoms with van der Waals surface area (Å²) < 4.78 is 14.0. The second-order valence-electron chi connectivity index (χ2n) is 23.0. The average molecular weight is 996 g/mol. The molecule has 10 heteroatoms. The number of phenolic OH excluding ortho intramolecular Hbond substituents is 1. The van der Waals surface area contributed by atoms with Gasteiger partial charge in [0.1, 0.15) is 11.5 Å². The number of hydrogen-bond acceptors (Lipinski definition) is 6. The van der Waals surface area contributed by atoms with Gasteiger partial charge in [0.2, 0.25) is 0 Å². The molecule has 0 unspecified atom stereocenters. The number of carbonyl (C=O) groups is 3. The van der Waals surface area contributed by atoms with Gasteiger partial charge >= 0.3 is 0 Å². The van der Waals surface area contributed by atoms with Gasteiger partial charge in [-0.05, 0) is 121 Å². The molecule has 6 rings (SSSR count). The second kappa shape index (κ2) is 22.7. The van der Waals surface area contributed by atoms with Crippen LogP contribution in [0.3, 0.4) is 0 Å². The Bertz CT molecular complexity index is 2530. The number of ketones is 1. The van der Waals surface area contributed by atoms with E-state index in [1.165, 1.54) is 10.4 Å². The van der Waals surface area contributed by atoms with Crippen molar-refractivity contribution in [3.8, 4) is 5.75 Å². The van der Waals surface area contributed by atoms with Gasteiger partial charge in [0.25, 0.3) is 20.1 Å². The molecule has 2 amide bonds. The molecule has 0 spiro atoms. The first-order valence-electron chi connectivity index (χ1n) is 26.0. The van der Waals surface area contributed by atoms with E-state index in [1.54, 1.807) is 12.1 Å². The highest BCUT2D eigenvalue weighted by molar-refractivity contribution is 6.99. The van der Waals surface area contributed by atoms with Gasteiger partial charge in [0.05, 0.1) is 18.8 Å². The summed E-state index contributed by atoms with van der Waals surface area (Å²) in [5, 5.41) is 12.4. The average Bonchev–Trinajstić information content (AvgIpc) is 3.82. The summed E-state index contributed by atoms with van der Waals surface area (Å²) in [7, 11) is -4.98. The zero-order valence-corrected chi connectivity index (χ0v) is 47.0. The summed E-state index contributed by atoms with van der Waals surface area (Å²) in [5.74, 6) is -0.0432. The number of amides is 2. The third-order valence-electron chi connectivity index (χ3n) is 15.9. The second-order valence-corrected chi connectivity index (χ2v) is 32.1. The minimum Gasteiger partial charge on any atom is -0.508 e. The van der Waals surface area contributed by atoms with E-state index < -0.39 is 22.2 Å². The highest BCUT2D eigenvalue weighted by atomic mass is 28.4. The van der Waals surface area contributed by atoms with E-state index in [1.807, 2.05) is 80.3 Å². The minimum absolute atomic E-state index is 0.000783. The molecule has 0 aromatic heterocycles. The fourth-order valence-electron chi connectivity index (χ4n) is 10.6. The van der Waals surface area contributed by atoms with Crippen molar-refractivity contribution in [1.82, 2.24) is 9.80 Å². The Morgan fingerprint density at radius 2 is 1.21 bits per heavy atom. The number of rotatable bonds is 21. The maximum absolute atomic E-state index is 15.3. The summed E-state index contributed by atoms with van der Waals surface area (Å²) in [6, 6.07) is 41.9. The van der Waals surface area contributed by atoms with Crippen LogP contribution in [-0.2, 0) is 32.0 Å². The van der Waals surface area contributed by atoms with Crippen molar-refractivity contribution in [2.45, 2.75) is 155 Å². The molecule has 5 aromatic carbocycles. The van der Waals surface area contributed by atoms with Crippen LogP contribution in [0.25, 0.3) is 0 Å². The number of aromatic hydroxyl groups is 1. The number of nitrogens with zero attached hydrogens (tertiary/aromatic N) is 2. The zero-order chi connectivity index (χ0) is 51.8. The van der Waals surface area contributed by atoms with Gasteiger partial charge in [0.15, 0.2) is 8.32 Å². The Morgan fingerprint density at radius 1 is 0.648 bits per heavy atom. The highest BCUT2D eigenvalue weighted by Gasteiger charge is 2.51. The number of carbonyl (C=O) groups excluding carboxylic acids is 3. The molecule has 5 aromatic rings. The Kier molecular flexibility index (Phi) is 17.7. The van der Waals surface area contributed by atoms with Crippen molar-refractivity contribution >= 4 is 44.6 Å². The number of aryl methyl sites for hydroxylation is 2. The van der Waals surface area contributed by atoms with Crippen LogP contribution < -0.4 is 10.4 Å². The number of Topliss-reactive ketones (excluding diaryl/α,β-unsaturated/α-hetero) is 1. The minimum atomic E-state index is -2.85. The molecule has 1 N–H and O–H groups in total. The molecule has 8 nitrogen and oxygen atoms in total. The van der Waals surface area contributed by atoms with Gasteiger partial charge in [-0.25, -0.2) is 0 Å². The van der Waals surface area contributed by atoms with Crippen LogP contribution in [0, 0.1) is 6.92 Å². The Hall–Kier alpha value is -5.14. The van der Waals surface area contributed by atoms with Crippen molar-refractivity contribution in [1.29, 1.82) is 0 Å². The monoisotopic (exact) mass is 995 g/mol. The lowest BCUT2D eigenvalue weighted by Gasteiger charge is -2.45. The summed E-state index contributed by atoms with van der Waals surface area (Å²) in [6.07, 6.45) is 5.57. The molecule has 0 saturated heterocycles. The molecule has 71 heavy (non-hydrogen) atoms. The van der Waals surface area contributed by atoms with E-state index in [4.69, 9.17) is 8.85 Å². The van der Waals surface area contributed by atoms with E-state index in [0.29, 0.717) is 49.4 Å². The van der Waals surface area contributed by atoms with E-state index in [0.717, 1.165) is 48.8 Å². The van der Waals surface area contributed by atoms with Crippen molar-refractivity contribution in [2.24, 2.45) is 0 Å². The van der Waals surface area contributed by atoms with Gasteiger partial charge in [-0.15, -0.1) is 0 Å². The summed E-state index contributed by atoms with van der Waals surface area (Å²) >= 11 is 0. The maximum atomic E-state index is 15.3. The molecule has 1 aliphatic rings. The Morgan fingerprint density at radius 3 is 1.77 bits per heavy atom. The lowest BCUT2D eigenvalue weighted by atomic mass is 9.89. The Balaban J connectivity index is 1.24. The van der Waals surface area contributed by atoms with Crippen LogP contribution in [0.2, 0.25) is 23.2 Å². The number of hydrogen-bond donors (Lipinski definition) is 1. The number of benzene rings is 5. The third kappa shape index (κ3) is 12.4. The van der Waals surface area contributed by atoms with Crippen LogP contribution in [-0.4, -0.2) is 81.0 Å². The highest BCUT2D eigenvalue weighted by Crippen LogP contribution is 2.41. The predicted octanol–water partition coefficient (Wildman–Crippen LogP) is 12.6. The molecule has 1 fully saturated rings. The van der Waals surface area contributed by atoms with Crippen molar-refractivity contribution in [3.63, 3.8) is 0 Å². The molecule has 0 heterocycles. The van der Waals surface area contributed by atoms with Crippen molar-refractivity contribution in [2.75, 3.05) is 26.3 Å². The maximum Gasteiger partial charge on any atom is 0.261 e. The fraction of sp³-hybridized carbons (Fsp3) is 0.459. The molecule has 380 valence electrons. The summed E-state index contributed by atoms with van der Waals surface area (Å²) in [4.78, 5) is 48.6. The first kappa shape index (κ1) is 55.2. The van der Waals surface area contributed by atoms with E-state index in [2.05, 4.69) is 127 Å². The van der Waals surface area contributed by atoms with Crippen LogP contribution in [0.4, 0.5) is 0 Å². The molecule has 0 atom stereocenters. The van der Waals surface area contributed by atoms with Gasteiger partial charge in [0, 0.05) is 42.6 Å². The van der Waals surface area contributed by atoms with E-state index in [9.17, 15) is 9.90 Å². The predicted molar refractivity (Wildman–Crippen MR) is 296 cm³/mol. The third-order valence-corrected chi connectivity index (χ3v) is 25.5. The SMILES string of the molecule is CCC1(N(CCO[Si](c2ccccc2)(c2ccccc2)C(C)(C)C)C(=O)c2ccccc2CCC(=O)Cc2ccc(C)cc2C(=O)N(CCO[Si](C)(C)C(C)(C)C)C(C)(C)c2ccc(O)cc2)CCCC1. The standard InChI is InChI=1S/C61H82N2O6Si2/c1-13-61(38-22-23-39-61)63(41-43-69-71(59(6,7)8,52-25-16-14-17-26-52)53-27-18-15-19-28-53)56(66)54-29-21-20-24-47(54)32-35-51(65)45-48-31-30-46(2)44-55(48)57(67)62(40-42-68-70(11,12)58(3,4)5)60(9,10)49-33-36-50(64)37-34-49/h14-21,24-31,33-34,36-37,44,64H,13,22-23,32,35,38-43,45H2,1-12H3. The van der Waals surface area contributed by atoms with Crippen LogP contribution in [0.15, 0.2) is 127 Å². The quantitative estimate of drug-likeness (QED) is 0.0736. The number of phenols is 1. The summed E-state index contributed by atoms with van der Waals surface area (Å²) in [6.45, 7) is 27.6. The molecule has 0 bridgehead atoms. The molecular weight excluding hydrogens is 913 g/mol. The van der Waals surface area contributed by atoms with Crippen LogP contribution in [0.5, 0.6) is 5.75 Å². The fourth-order valence-corrected chi connectivity index (χ4v) is 16.2. The van der Waals surface area contributed by atoms with Gasteiger partial charge in [-0.2, -0.15) is 0 Å². The topological polar surface area (TPSA) is 96.4 Å². The van der Waals surface area contributed by atoms with Crippen LogP contribution in [0.1, 0.15) is 144 Å². The lowest BCUT2D eigenvalue weighted by Crippen LogP contribution is -2.67. The lowest BCUT2D eigenvalue weighted by molar-refractivity contribution is -0.118. The van der Waals surface area contributed by atoms with Crippen LogP contribution >= 0.6 is 0 Å². The Labute approximate surface area is 428 Å².